The van der Waals surface area contributed by atoms with Crippen LogP contribution < -0.4 is 0 Å². The number of nitrogens with zero attached hydrogens (tertiary/aromatic N) is 1. The lowest BCUT2D eigenvalue weighted by molar-refractivity contribution is 1.24. The maximum Gasteiger partial charge on any atom is 0.0712 e. The molecule has 0 radical (unpaired) electrons. The quantitative estimate of drug-likeness (QED) is 0.622. The summed E-state index contributed by atoms with van der Waals surface area (Å²) >= 11 is 0. The second kappa shape index (κ2) is 8.91. The van der Waals surface area contributed by atoms with Crippen molar-refractivity contribution < 1.29 is 0 Å². The van der Waals surface area contributed by atoms with Crippen molar-refractivity contribution >= 4 is 5.57 Å². The number of hydrogen-bond acceptors (Lipinski definition) is 1. The van der Waals surface area contributed by atoms with E-state index in [-0.39, 0.29) is 0 Å². The summed E-state index contributed by atoms with van der Waals surface area (Å²) in [4.78, 5) is 4.77. The molecule has 0 bridgehead atoms. The molecule has 0 saturated carbocycles. The first-order chi connectivity index (χ1) is 10.2. The molecule has 0 saturated heterocycles. The van der Waals surface area contributed by atoms with Crippen molar-refractivity contribution in [1.82, 2.24) is 4.98 Å². The standard InChI is InChI=1S/C18H19N.C2H6/c1-4-9-15(5-2)17-12-14(3)13-18(19-17)16-10-7-6-8-11-16;1-2/h4-13H,1-3H3;1-2H3/b9-4-,15-5+;. The fourth-order valence-electron chi connectivity index (χ4n) is 2.08. The first-order valence-electron chi connectivity index (χ1n) is 7.58. The topological polar surface area (TPSA) is 12.9 Å². The second-order valence-electron chi connectivity index (χ2n) is 4.53. The molecule has 0 spiro atoms. The molecule has 110 valence electrons. The molecule has 2 aromatic rings. The predicted octanol–water partition coefficient (Wildman–Crippen LogP) is 6.06. The lowest BCUT2D eigenvalue weighted by Gasteiger charge is -2.07. The summed E-state index contributed by atoms with van der Waals surface area (Å²) in [6, 6.07) is 14.6. The van der Waals surface area contributed by atoms with E-state index in [1.165, 1.54) is 5.56 Å². The van der Waals surface area contributed by atoms with Gasteiger partial charge in [-0.25, -0.2) is 4.98 Å². The van der Waals surface area contributed by atoms with Crippen LogP contribution in [-0.4, -0.2) is 4.98 Å². The third-order valence-corrected chi connectivity index (χ3v) is 2.99. The van der Waals surface area contributed by atoms with Crippen LogP contribution in [0.1, 0.15) is 39.0 Å². The molecule has 0 aliphatic heterocycles. The zero-order valence-electron chi connectivity index (χ0n) is 13.7. The highest BCUT2D eigenvalue weighted by Gasteiger charge is 2.05. The lowest BCUT2D eigenvalue weighted by atomic mass is 10.1. The van der Waals surface area contributed by atoms with Gasteiger partial charge in [0.25, 0.3) is 0 Å². The Hall–Kier alpha value is -2.15. The number of aromatic nitrogens is 1. The Kier molecular flexibility index (Phi) is 7.17. The van der Waals surface area contributed by atoms with E-state index in [2.05, 4.69) is 43.3 Å². The highest BCUT2D eigenvalue weighted by atomic mass is 14.7. The molecule has 0 amide bonds. The van der Waals surface area contributed by atoms with E-state index in [1.807, 2.05) is 52.0 Å². The number of pyridine rings is 1. The molecule has 21 heavy (non-hydrogen) atoms. The van der Waals surface area contributed by atoms with Crippen molar-refractivity contribution in [2.75, 3.05) is 0 Å². The van der Waals surface area contributed by atoms with Gasteiger partial charge < -0.3 is 0 Å². The monoisotopic (exact) mass is 279 g/mol. The first kappa shape index (κ1) is 16.9. The maximum atomic E-state index is 4.77. The molecule has 1 nitrogen and oxygen atoms in total. The fourth-order valence-corrected chi connectivity index (χ4v) is 2.08. The van der Waals surface area contributed by atoms with Gasteiger partial charge in [0, 0.05) is 5.56 Å². The SMILES string of the molecule is C/C=C\C(=C/C)c1cc(C)cc(-c2ccccc2)n1.CC. The van der Waals surface area contributed by atoms with Gasteiger partial charge in [0.15, 0.2) is 0 Å². The number of benzene rings is 1. The second-order valence-corrected chi connectivity index (χ2v) is 4.53. The number of rotatable bonds is 3. The zero-order chi connectivity index (χ0) is 15.7. The fraction of sp³-hybridized carbons (Fsp3) is 0.250. The van der Waals surface area contributed by atoms with Gasteiger partial charge in [-0.3, -0.25) is 0 Å². The molecular formula is C20H25N. The third kappa shape index (κ3) is 4.71. The molecule has 1 heterocycles. The van der Waals surface area contributed by atoms with Gasteiger partial charge in [0.1, 0.15) is 0 Å². The Morgan fingerprint density at radius 3 is 2.24 bits per heavy atom. The molecule has 0 aliphatic rings. The van der Waals surface area contributed by atoms with Gasteiger partial charge in [0.2, 0.25) is 0 Å². The van der Waals surface area contributed by atoms with Gasteiger partial charge in [-0.15, -0.1) is 0 Å². The van der Waals surface area contributed by atoms with Crippen molar-refractivity contribution in [3.05, 3.63) is 72.0 Å². The van der Waals surface area contributed by atoms with Crippen LogP contribution in [0.3, 0.4) is 0 Å². The number of hydrogen-bond donors (Lipinski definition) is 0. The Labute approximate surface area is 129 Å². The van der Waals surface area contributed by atoms with E-state index in [1.54, 1.807) is 0 Å². The Morgan fingerprint density at radius 2 is 1.67 bits per heavy atom. The summed E-state index contributed by atoms with van der Waals surface area (Å²) in [7, 11) is 0. The van der Waals surface area contributed by atoms with Gasteiger partial charge in [-0.2, -0.15) is 0 Å². The summed E-state index contributed by atoms with van der Waals surface area (Å²) in [5.74, 6) is 0. The number of allylic oxidation sites excluding steroid dienone is 4. The van der Waals surface area contributed by atoms with Crippen LogP contribution >= 0.6 is 0 Å². The highest BCUT2D eigenvalue weighted by molar-refractivity contribution is 5.73. The van der Waals surface area contributed by atoms with Crippen molar-refractivity contribution in [2.24, 2.45) is 0 Å². The van der Waals surface area contributed by atoms with Crippen LogP contribution in [0.2, 0.25) is 0 Å². The third-order valence-electron chi connectivity index (χ3n) is 2.99. The van der Waals surface area contributed by atoms with E-state index in [4.69, 9.17) is 4.98 Å². The van der Waals surface area contributed by atoms with Gasteiger partial charge in [-0.05, 0) is 44.0 Å². The summed E-state index contributed by atoms with van der Waals surface area (Å²) in [5, 5.41) is 0. The van der Waals surface area contributed by atoms with E-state index in [0.29, 0.717) is 0 Å². The molecule has 1 heteroatoms. The van der Waals surface area contributed by atoms with Crippen molar-refractivity contribution in [3.63, 3.8) is 0 Å². The average Bonchev–Trinajstić information content (AvgIpc) is 2.54. The van der Waals surface area contributed by atoms with E-state index in [0.717, 1.165) is 22.5 Å². The predicted molar refractivity (Wildman–Crippen MR) is 94.2 cm³/mol. The molecule has 0 unspecified atom stereocenters. The normalized spacial score (nSPS) is 11.2. The van der Waals surface area contributed by atoms with E-state index < -0.39 is 0 Å². The van der Waals surface area contributed by atoms with Gasteiger partial charge in [0.05, 0.1) is 11.4 Å². The lowest BCUT2D eigenvalue weighted by Crippen LogP contribution is -1.92. The largest absolute Gasteiger partial charge is 0.248 e. The molecule has 1 aromatic carbocycles. The summed E-state index contributed by atoms with van der Waals surface area (Å²) < 4.78 is 0. The van der Waals surface area contributed by atoms with E-state index in [9.17, 15) is 0 Å². The highest BCUT2D eigenvalue weighted by Crippen LogP contribution is 2.22. The van der Waals surface area contributed by atoms with Crippen molar-refractivity contribution in [3.8, 4) is 11.3 Å². The molecule has 1 aromatic heterocycles. The molecule has 0 aliphatic carbocycles. The van der Waals surface area contributed by atoms with Crippen LogP contribution in [0, 0.1) is 6.92 Å². The molecule has 0 fully saturated rings. The summed E-state index contributed by atoms with van der Waals surface area (Å²) in [5.41, 5.74) is 5.60. The average molecular weight is 279 g/mol. The smallest absolute Gasteiger partial charge is 0.0712 e. The van der Waals surface area contributed by atoms with Crippen LogP contribution in [0.25, 0.3) is 16.8 Å². The zero-order valence-corrected chi connectivity index (χ0v) is 13.7. The molecular weight excluding hydrogens is 254 g/mol. The Morgan fingerprint density at radius 1 is 1.00 bits per heavy atom. The minimum atomic E-state index is 1.03. The van der Waals surface area contributed by atoms with Crippen LogP contribution in [0.4, 0.5) is 0 Å². The molecule has 2 rings (SSSR count). The minimum absolute atomic E-state index is 1.03. The Bertz CT molecular complexity index is 607. The van der Waals surface area contributed by atoms with E-state index >= 15 is 0 Å². The van der Waals surface area contributed by atoms with Crippen LogP contribution in [0.15, 0.2) is 60.7 Å². The van der Waals surface area contributed by atoms with Crippen molar-refractivity contribution in [2.45, 2.75) is 34.6 Å². The van der Waals surface area contributed by atoms with Crippen molar-refractivity contribution in [1.29, 1.82) is 0 Å². The van der Waals surface area contributed by atoms with Gasteiger partial charge >= 0.3 is 0 Å². The number of aryl methyl sites for hydroxylation is 1. The van der Waals surface area contributed by atoms with Crippen LogP contribution in [-0.2, 0) is 0 Å². The summed E-state index contributed by atoms with van der Waals surface area (Å²) in [6.45, 7) is 10.2. The molecule has 0 N–H and O–H groups in total. The Balaban J connectivity index is 0.00000106. The molecule has 0 atom stereocenters. The summed E-state index contributed by atoms with van der Waals surface area (Å²) in [6.07, 6.45) is 6.23. The maximum absolute atomic E-state index is 4.77. The minimum Gasteiger partial charge on any atom is -0.248 e. The first-order valence-corrected chi connectivity index (χ1v) is 7.58. The van der Waals surface area contributed by atoms with Crippen LogP contribution in [0.5, 0.6) is 0 Å². The van der Waals surface area contributed by atoms with Gasteiger partial charge in [-0.1, -0.05) is 62.4 Å².